The van der Waals surface area contributed by atoms with Crippen molar-refractivity contribution < 1.29 is 0 Å². The summed E-state index contributed by atoms with van der Waals surface area (Å²) in [5.41, 5.74) is 0.845. The largest absolute Gasteiger partial charge is 0.355 e. The lowest BCUT2D eigenvalue weighted by molar-refractivity contribution is 0.102. The number of nitrogens with zero attached hydrogens (tertiary/aromatic N) is 4. The fourth-order valence-corrected chi connectivity index (χ4v) is 3.60. The summed E-state index contributed by atoms with van der Waals surface area (Å²) in [7, 11) is 2.27. The van der Waals surface area contributed by atoms with Crippen molar-refractivity contribution in [3.8, 4) is 0 Å². The molecular weight excluding hydrogens is 260 g/mol. The molecule has 4 nitrogen and oxygen atoms in total. The Morgan fingerprint density at radius 3 is 2.89 bits per heavy atom. The third kappa shape index (κ3) is 2.70. The van der Waals surface area contributed by atoms with Crippen molar-refractivity contribution in [3.05, 3.63) is 17.8 Å². The van der Waals surface area contributed by atoms with Crippen molar-refractivity contribution in [2.24, 2.45) is 5.92 Å². The van der Waals surface area contributed by atoms with Crippen molar-refractivity contribution >= 4 is 17.4 Å². The highest BCUT2D eigenvalue weighted by molar-refractivity contribution is 6.16. The van der Waals surface area contributed by atoms with Crippen LogP contribution in [0.25, 0.3) is 0 Å². The number of alkyl halides is 1. The molecule has 2 atom stereocenters. The molecule has 5 heteroatoms. The van der Waals surface area contributed by atoms with Crippen LogP contribution in [0.2, 0.25) is 0 Å². The average Bonchev–Trinajstić information content (AvgIpc) is 2.47. The number of hydrogen-bond acceptors (Lipinski definition) is 4. The monoisotopic (exact) mass is 280 g/mol. The van der Waals surface area contributed by atoms with Crippen molar-refractivity contribution in [2.75, 3.05) is 31.6 Å². The lowest BCUT2D eigenvalue weighted by Gasteiger charge is -2.46. The molecule has 2 saturated heterocycles. The van der Waals surface area contributed by atoms with Gasteiger partial charge in [-0.15, -0.1) is 16.7 Å². The van der Waals surface area contributed by atoms with Gasteiger partial charge >= 0.3 is 0 Å². The van der Waals surface area contributed by atoms with Crippen molar-refractivity contribution in [1.29, 1.82) is 0 Å². The Hall–Kier alpha value is -0.870. The molecule has 3 rings (SSSR count). The topological polar surface area (TPSA) is 32.3 Å². The number of halogens is 1. The molecule has 2 fully saturated rings. The zero-order valence-corrected chi connectivity index (χ0v) is 12.2. The van der Waals surface area contributed by atoms with Crippen molar-refractivity contribution in [3.63, 3.8) is 0 Å². The molecule has 1 aromatic rings. The van der Waals surface area contributed by atoms with E-state index in [-0.39, 0.29) is 0 Å². The highest BCUT2D eigenvalue weighted by atomic mass is 35.5. The lowest BCUT2D eigenvalue weighted by atomic mass is 9.84. The van der Waals surface area contributed by atoms with E-state index in [1.807, 2.05) is 6.07 Å². The summed E-state index contributed by atoms with van der Waals surface area (Å²) in [4.78, 5) is 4.92. The van der Waals surface area contributed by atoms with Crippen molar-refractivity contribution in [2.45, 2.75) is 31.2 Å². The Balaban J connectivity index is 1.69. The molecule has 2 unspecified atom stereocenters. The molecule has 19 heavy (non-hydrogen) atoms. The first kappa shape index (κ1) is 13.1. The Kier molecular flexibility index (Phi) is 3.89. The Morgan fingerprint density at radius 2 is 2.16 bits per heavy atom. The van der Waals surface area contributed by atoms with E-state index in [4.69, 9.17) is 11.6 Å². The Morgan fingerprint density at radius 1 is 1.26 bits per heavy atom. The second kappa shape index (κ2) is 5.63. The SMILES string of the molecule is CN1CCCC2CN(c3ccc(CCl)nn3)CCC21. The molecule has 0 bridgehead atoms. The number of likely N-dealkylation sites (tertiary alicyclic amines) is 1. The van der Waals surface area contributed by atoms with Gasteiger partial charge in [-0.25, -0.2) is 0 Å². The fraction of sp³-hybridized carbons (Fsp3) is 0.714. The van der Waals surface area contributed by atoms with Crippen LogP contribution in [-0.2, 0) is 5.88 Å². The number of hydrogen-bond donors (Lipinski definition) is 0. The summed E-state index contributed by atoms with van der Waals surface area (Å²) in [5.74, 6) is 2.21. The molecule has 2 aliphatic rings. The second-order valence-electron chi connectivity index (χ2n) is 5.70. The van der Waals surface area contributed by atoms with Gasteiger partial charge in [0.15, 0.2) is 5.82 Å². The molecule has 104 valence electrons. The summed E-state index contributed by atoms with van der Waals surface area (Å²) in [5, 5.41) is 8.47. The van der Waals surface area contributed by atoms with Crippen LogP contribution in [0.4, 0.5) is 5.82 Å². The maximum absolute atomic E-state index is 5.75. The molecule has 0 aromatic carbocycles. The predicted octanol–water partition coefficient (Wildman–Crippen LogP) is 2.14. The highest BCUT2D eigenvalue weighted by Gasteiger charge is 2.34. The quantitative estimate of drug-likeness (QED) is 0.777. The highest BCUT2D eigenvalue weighted by Crippen LogP contribution is 2.31. The normalized spacial score (nSPS) is 28.2. The molecule has 3 heterocycles. The van der Waals surface area contributed by atoms with Crippen molar-refractivity contribution in [1.82, 2.24) is 15.1 Å². The van der Waals surface area contributed by atoms with E-state index in [1.165, 1.54) is 25.8 Å². The summed E-state index contributed by atoms with van der Waals surface area (Å²) in [6.07, 6.45) is 3.90. The Labute approximate surface area is 119 Å². The first-order chi connectivity index (χ1) is 9.28. The summed E-state index contributed by atoms with van der Waals surface area (Å²) < 4.78 is 0. The lowest BCUT2D eigenvalue weighted by Crippen LogP contribution is -2.52. The zero-order valence-electron chi connectivity index (χ0n) is 11.4. The molecule has 0 N–H and O–H groups in total. The molecule has 0 aliphatic carbocycles. The van der Waals surface area contributed by atoms with Gasteiger partial charge in [0.25, 0.3) is 0 Å². The molecule has 0 spiro atoms. The minimum Gasteiger partial charge on any atom is -0.355 e. The first-order valence-electron chi connectivity index (χ1n) is 7.11. The van der Waals surface area contributed by atoms with Gasteiger partial charge in [-0.1, -0.05) is 0 Å². The molecule has 0 saturated carbocycles. The summed E-state index contributed by atoms with van der Waals surface area (Å²) >= 11 is 5.75. The standard InChI is InChI=1S/C14H21ClN4/c1-18-7-2-3-11-10-19(8-6-13(11)18)14-5-4-12(9-15)16-17-14/h4-5,11,13H,2-3,6-10H2,1H3. The number of piperidine rings is 2. The van der Waals surface area contributed by atoms with Crippen LogP contribution < -0.4 is 4.90 Å². The molecule has 2 aliphatic heterocycles. The first-order valence-corrected chi connectivity index (χ1v) is 7.65. The summed E-state index contributed by atoms with van der Waals surface area (Å²) in [6, 6.07) is 4.80. The van der Waals surface area contributed by atoms with Crippen LogP contribution in [0.3, 0.4) is 0 Å². The number of fused-ring (bicyclic) bond motifs is 1. The maximum atomic E-state index is 5.75. The zero-order chi connectivity index (χ0) is 13.2. The Bertz CT molecular complexity index is 422. The maximum Gasteiger partial charge on any atom is 0.151 e. The average molecular weight is 281 g/mol. The number of aromatic nitrogens is 2. The van der Waals surface area contributed by atoms with Crippen LogP contribution >= 0.6 is 11.6 Å². The second-order valence-corrected chi connectivity index (χ2v) is 5.97. The van der Waals surface area contributed by atoms with Crippen LogP contribution in [0.15, 0.2) is 12.1 Å². The van der Waals surface area contributed by atoms with Gasteiger partial charge in [-0.05, 0) is 50.9 Å². The van der Waals surface area contributed by atoms with E-state index >= 15 is 0 Å². The predicted molar refractivity (Wildman–Crippen MR) is 77.6 cm³/mol. The molecule has 1 aromatic heterocycles. The van der Waals surface area contributed by atoms with Crippen LogP contribution in [-0.4, -0.2) is 47.8 Å². The number of rotatable bonds is 2. The van der Waals surface area contributed by atoms with E-state index in [1.54, 1.807) is 0 Å². The van der Waals surface area contributed by atoms with Gasteiger partial charge in [0.1, 0.15) is 0 Å². The third-order valence-electron chi connectivity index (χ3n) is 4.51. The van der Waals surface area contributed by atoms with Gasteiger partial charge < -0.3 is 9.80 Å². The summed E-state index contributed by atoms with van der Waals surface area (Å²) in [6.45, 7) is 3.45. The van der Waals surface area contributed by atoms with Crippen LogP contribution in [0.1, 0.15) is 25.0 Å². The van der Waals surface area contributed by atoms with E-state index in [0.717, 1.165) is 36.6 Å². The van der Waals surface area contributed by atoms with Gasteiger partial charge in [0.2, 0.25) is 0 Å². The van der Waals surface area contributed by atoms with Gasteiger partial charge in [0, 0.05) is 19.1 Å². The minimum absolute atomic E-state index is 0.433. The minimum atomic E-state index is 0.433. The molecule has 0 radical (unpaired) electrons. The van der Waals surface area contributed by atoms with E-state index < -0.39 is 0 Å². The van der Waals surface area contributed by atoms with Gasteiger partial charge in [0.05, 0.1) is 11.6 Å². The smallest absolute Gasteiger partial charge is 0.151 e. The third-order valence-corrected chi connectivity index (χ3v) is 4.79. The van der Waals surface area contributed by atoms with Crippen LogP contribution in [0, 0.1) is 5.92 Å². The molecule has 0 amide bonds. The van der Waals surface area contributed by atoms with Crippen LogP contribution in [0.5, 0.6) is 0 Å². The fourth-order valence-electron chi connectivity index (χ4n) is 3.45. The number of anilines is 1. The van der Waals surface area contributed by atoms with E-state index in [2.05, 4.69) is 33.1 Å². The van der Waals surface area contributed by atoms with E-state index in [9.17, 15) is 0 Å². The van der Waals surface area contributed by atoms with E-state index in [0.29, 0.717) is 5.88 Å². The van der Waals surface area contributed by atoms with Gasteiger partial charge in [-0.3, -0.25) is 0 Å². The van der Waals surface area contributed by atoms with Gasteiger partial charge in [-0.2, -0.15) is 5.10 Å². The molecular formula is C14H21ClN4.